The van der Waals surface area contributed by atoms with Crippen molar-refractivity contribution in [2.24, 2.45) is 16.5 Å². The molecule has 140 valence electrons. The molecule has 1 rings (SSSR count). The molecule has 0 spiro atoms. The summed E-state index contributed by atoms with van der Waals surface area (Å²) < 4.78 is 59.3. The van der Waals surface area contributed by atoms with Crippen LogP contribution in [0.25, 0.3) is 0 Å². The Bertz CT molecular complexity index is 626. The van der Waals surface area contributed by atoms with Gasteiger partial charge in [-0.1, -0.05) is 0 Å². The van der Waals surface area contributed by atoms with E-state index in [2.05, 4.69) is 9.98 Å². The molecule has 0 aliphatic rings. The second-order valence-electron chi connectivity index (χ2n) is 5.00. The Balaban J connectivity index is 3.13. The fraction of sp³-hybridized carbons (Fsp3) is 0.500. The van der Waals surface area contributed by atoms with E-state index in [4.69, 9.17) is 16.2 Å². The molecule has 1 aromatic rings. The maximum absolute atomic E-state index is 13.9. The third kappa shape index (κ3) is 5.19. The number of aromatic nitrogens is 1. The van der Waals surface area contributed by atoms with Gasteiger partial charge in [0.2, 0.25) is 11.6 Å². The fourth-order valence-electron chi connectivity index (χ4n) is 2.14. The van der Waals surface area contributed by atoms with Crippen molar-refractivity contribution in [3.05, 3.63) is 23.5 Å². The third-order valence-corrected chi connectivity index (χ3v) is 3.28. The molecule has 0 saturated heterocycles. The van der Waals surface area contributed by atoms with Crippen LogP contribution in [0.5, 0.6) is 0 Å². The lowest BCUT2D eigenvalue weighted by Gasteiger charge is -2.28. The van der Waals surface area contributed by atoms with Crippen molar-refractivity contribution < 1.29 is 27.1 Å². The molecular weight excluding hydrogens is 346 g/mol. The molecule has 0 aliphatic heterocycles. The number of likely N-dealkylation sites (N-methyl/N-ethyl adjacent to an activating group) is 1. The molecule has 4 N–H and O–H groups in total. The molecule has 1 aromatic heterocycles. The van der Waals surface area contributed by atoms with E-state index in [9.17, 15) is 22.4 Å². The van der Waals surface area contributed by atoms with Crippen molar-refractivity contribution in [3.8, 4) is 0 Å². The molecule has 1 unspecified atom stereocenters. The Kier molecular flexibility index (Phi) is 7.40. The first kappa shape index (κ1) is 20.5. The first-order valence-corrected chi connectivity index (χ1v) is 7.35. The van der Waals surface area contributed by atoms with Crippen molar-refractivity contribution in [1.29, 1.82) is 0 Å². The summed E-state index contributed by atoms with van der Waals surface area (Å²) in [7, 11) is 1.11. The van der Waals surface area contributed by atoms with Crippen molar-refractivity contribution >= 4 is 17.6 Å². The van der Waals surface area contributed by atoms with E-state index in [1.165, 1.54) is 0 Å². The number of guanidine groups is 1. The number of hydrogen-bond acceptors (Lipinski definition) is 5. The number of rotatable bonds is 8. The number of pyridine rings is 1. The molecule has 0 bridgehead atoms. The predicted molar refractivity (Wildman–Crippen MR) is 82.8 cm³/mol. The summed E-state index contributed by atoms with van der Waals surface area (Å²) in [6.45, 7) is 1.71. The van der Waals surface area contributed by atoms with Gasteiger partial charge in [0.05, 0.1) is 6.61 Å². The monoisotopic (exact) mass is 365 g/mol. The minimum atomic E-state index is -1.82. The van der Waals surface area contributed by atoms with Gasteiger partial charge in [0.25, 0.3) is 11.9 Å². The summed E-state index contributed by atoms with van der Waals surface area (Å²) in [6, 6.07) is -1.21. The number of nitrogens with zero attached hydrogens (tertiary/aromatic N) is 3. The van der Waals surface area contributed by atoms with Gasteiger partial charge in [0, 0.05) is 13.6 Å². The van der Waals surface area contributed by atoms with Crippen LogP contribution >= 0.6 is 0 Å². The van der Waals surface area contributed by atoms with Gasteiger partial charge >= 0.3 is 5.97 Å². The molecule has 0 aromatic carbocycles. The van der Waals surface area contributed by atoms with Crippen molar-refractivity contribution in [2.45, 2.75) is 25.8 Å². The second kappa shape index (κ2) is 9.04. The summed E-state index contributed by atoms with van der Waals surface area (Å²) in [6.07, 6.45) is 0.279. The van der Waals surface area contributed by atoms with E-state index in [-0.39, 0.29) is 32.0 Å². The van der Waals surface area contributed by atoms with Gasteiger partial charge in [-0.15, -0.1) is 0 Å². The SMILES string of the molecule is CCOC(=O)C(CCCN=C(N)N)N(C)c1c(F)c(F)nc(F)c1F. The van der Waals surface area contributed by atoms with Gasteiger partial charge in [0.15, 0.2) is 5.96 Å². The lowest BCUT2D eigenvalue weighted by Crippen LogP contribution is -2.41. The lowest BCUT2D eigenvalue weighted by atomic mass is 10.1. The summed E-state index contributed by atoms with van der Waals surface area (Å²) >= 11 is 0. The molecule has 1 atom stereocenters. The zero-order valence-corrected chi connectivity index (χ0v) is 13.7. The van der Waals surface area contributed by atoms with Gasteiger partial charge in [-0.3, -0.25) is 4.99 Å². The van der Waals surface area contributed by atoms with Crippen LogP contribution in [0, 0.1) is 23.5 Å². The Hall–Kier alpha value is -2.59. The minimum Gasteiger partial charge on any atom is -0.464 e. The number of aliphatic imine (C=N–C) groups is 1. The van der Waals surface area contributed by atoms with Crippen LogP contribution in [0.3, 0.4) is 0 Å². The Morgan fingerprint density at radius 1 is 1.24 bits per heavy atom. The number of nitrogens with two attached hydrogens (primary N) is 2. The highest BCUT2D eigenvalue weighted by Gasteiger charge is 2.31. The summed E-state index contributed by atoms with van der Waals surface area (Å²) in [5, 5.41) is 0. The summed E-state index contributed by atoms with van der Waals surface area (Å²) in [5.41, 5.74) is 9.30. The quantitative estimate of drug-likeness (QED) is 0.178. The van der Waals surface area contributed by atoms with Gasteiger partial charge in [-0.25, -0.2) is 4.79 Å². The van der Waals surface area contributed by atoms with Crippen LogP contribution in [-0.2, 0) is 9.53 Å². The van der Waals surface area contributed by atoms with E-state index in [0.29, 0.717) is 0 Å². The number of anilines is 1. The number of esters is 1. The molecule has 0 amide bonds. The zero-order valence-electron chi connectivity index (χ0n) is 13.7. The van der Waals surface area contributed by atoms with Crippen LogP contribution < -0.4 is 16.4 Å². The van der Waals surface area contributed by atoms with Crippen LogP contribution in [-0.4, -0.2) is 43.2 Å². The molecule has 25 heavy (non-hydrogen) atoms. The van der Waals surface area contributed by atoms with Gasteiger partial charge < -0.3 is 21.1 Å². The van der Waals surface area contributed by atoms with Crippen LogP contribution in [0.2, 0.25) is 0 Å². The second-order valence-corrected chi connectivity index (χ2v) is 5.00. The average Bonchev–Trinajstić information content (AvgIpc) is 2.53. The Morgan fingerprint density at radius 3 is 2.28 bits per heavy atom. The Labute approximate surface area is 141 Å². The Morgan fingerprint density at radius 2 is 1.80 bits per heavy atom. The smallest absolute Gasteiger partial charge is 0.328 e. The molecule has 0 radical (unpaired) electrons. The molecule has 0 aliphatic carbocycles. The molecule has 11 heteroatoms. The number of carbonyl (C=O) groups is 1. The van der Waals surface area contributed by atoms with Gasteiger partial charge in [0.1, 0.15) is 11.7 Å². The lowest BCUT2D eigenvalue weighted by molar-refractivity contribution is -0.144. The van der Waals surface area contributed by atoms with E-state index in [1.54, 1.807) is 6.92 Å². The largest absolute Gasteiger partial charge is 0.464 e. The summed E-state index contributed by atoms with van der Waals surface area (Å²) in [5.74, 6) is -8.02. The molecule has 0 fully saturated rings. The first-order chi connectivity index (χ1) is 11.7. The van der Waals surface area contributed by atoms with E-state index >= 15 is 0 Å². The highest BCUT2D eigenvalue weighted by Crippen LogP contribution is 2.28. The summed E-state index contributed by atoms with van der Waals surface area (Å²) in [4.78, 5) is 19.1. The fourth-order valence-corrected chi connectivity index (χ4v) is 2.14. The minimum absolute atomic E-state index is 0.0150. The van der Waals surface area contributed by atoms with Crippen LogP contribution in [0.4, 0.5) is 23.2 Å². The topological polar surface area (TPSA) is 107 Å². The number of hydrogen-bond donors (Lipinski definition) is 2. The number of halogens is 4. The van der Waals surface area contributed by atoms with E-state index in [1.807, 2.05) is 0 Å². The highest BCUT2D eigenvalue weighted by molar-refractivity contribution is 5.80. The van der Waals surface area contributed by atoms with Crippen LogP contribution in [0.1, 0.15) is 19.8 Å². The van der Waals surface area contributed by atoms with E-state index in [0.717, 1.165) is 11.9 Å². The normalized spacial score (nSPS) is 11.8. The van der Waals surface area contributed by atoms with Crippen LogP contribution in [0.15, 0.2) is 4.99 Å². The van der Waals surface area contributed by atoms with Crippen molar-refractivity contribution in [1.82, 2.24) is 4.98 Å². The molecule has 0 saturated carbocycles. The highest BCUT2D eigenvalue weighted by atomic mass is 19.2. The van der Waals surface area contributed by atoms with Gasteiger partial charge in [-0.2, -0.15) is 22.5 Å². The van der Waals surface area contributed by atoms with Crippen molar-refractivity contribution in [2.75, 3.05) is 25.1 Å². The molecule has 1 heterocycles. The van der Waals surface area contributed by atoms with Crippen molar-refractivity contribution in [3.63, 3.8) is 0 Å². The number of ether oxygens (including phenoxy) is 1. The maximum atomic E-state index is 13.9. The zero-order chi connectivity index (χ0) is 19.1. The van der Waals surface area contributed by atoms with Gasteiger partial charge in [-0.05, 0) is 19.8 Å². The maximum Gasteiger partial charge on any atom is 0.328 e. The third-order valence-electron chi connectivity index (χ3n) is 3.28. The first-order valence-electron chi connectivity index (χ1n) is 7.35. The standard InChI is InChI=1S/C14H19F4N5O2/c1-3-25-13(24)7(5-4-6-21-14(19)20)23(2)10-8(15)11(17)22-12(18)9(10)16/h7H,3-6H2,1-2H3,(H4,19,20,21). The molecular formula is C14H19F4N5O2. The average molecular weight is 365 g/mol. The van der Waals surface area contributed by atoms with E-state index < -0.39 is 41.2 Å². The predicted octanol–water partition coefficient (Wildman–Crippen LogP) is 1.06. The number of carbonyl (C=O) groups excluding carboxylic acids is 1. The molecule has 7 nitrogen and oxygen atoms in total.